The Bertz CT molecular complexity index is 392. The Hall–Kier alpha value is -0.670. The highest BCUT2D eigenvalue weighted by Crippen LogP contribution is 2.61. The highest BCUT2D eigenvalue weighted by molar-refractivity contribution is 5.62. The molecule has 2 saturated carbocycles. The number of fused-ring (bicyclic) bond motifs is 1. The van der Waals surface area contributed by atoms with Gasteiger partial charge in [-0.05, 0) is 55.8 Å². The minimum atomic E-state index is -0.260. The summed E-state index contributed by atoms with van der Waals surface area (Å²) < 4.78 is 10.4. The SMILES string of the molecule is C=C1CCC[C@H]2[C@](C=O)(CCOCOC)[C@@H](C)CC[C@@]12C. The molecule has 2 fully saturated rings. The van der Waals surface area contributed by atoms with E-state index in [1.165, 1.54) is 24.7 Å². The summed E-state index contributed by atoms with van der Waals surface area (Å²) in [6.45, 7) is 9.80. The first-order valence-corrected chi connectivity index (χ1v) is 8.22. The lowest BCUT2D eigenvalue weighted by Gasteiger charge is -2.57. The van der Waals surface area contributed by atoms with Crippen LogP contribution in [0.25, 0.3) is 0 Å². The topological polar surface area (TPSA) is 35.5 Å². The molecule has 0 aromatic rings. The number of methoxy groups -OCH3 is 1. The van der Waals surface area contributed by atoms with Crippen molar-refractivity contribution in [3.05, 3.63) is 12.2 Å². The van der Waals surface area contributed by atoms with Crippen molar-refractivity contribution >= 4 is 6.29 Å². The van der Waals surface area contributed by atoms with Gasteiger partial charge in [-0.1, -0.05) is 26.0 Å². The van der Waals surface area contributed by atoms with Crippen LogP contribution in [0.2, 0.25) is 0 Å². The lowest BCUT2D eigenvalue weighted by atomic mass is 9.46. The predicted octanol–water partition coefficient (Wildman–Crippen LogP) is 3.97. The van der Waals surface area contributed by atoms with Crippen molar-refractivity contribution in [2.75, 3.05) is 20.5 Å². The lowest BCUT2D eigenvalue weighted by Crippen LogP contribution is -2.53. The molecule has 0 aliphatic heterocycles. The Labute approximate surface area is 129 Å². The molecule has 3 nitrogen and oxygen atoms in total. The Kier molecular flexibility index (Phi) is 5.26. The van der Waals surface area contributed by atoms with Crippen LogP contribution in [0, 0.1) is 22.7 Å². The average molecular weight is 294 g/mol. The van der Waals surface area contributed by atoms with Crippen LogP contribution in [0.1, 0.15) is 52.4 Å². The first-order valence-electron chi connectivity index (χ1n) is 8.22. The summed E-state index contributed by atoms with van der Waals surface area (Å²) in [5.41, 5.74) is 1.23. The van der Waals surface area contributed by atoms with Crippen molar-refractivity contribution in [2.24, 2.45) is 22.7 Å². The maximum Gasteiger partial charge on any atom is 0.146 e. The number of hydrogen-bond donors (Lipinski definition) is 0. The van der Waals surface area contributed by atoms with Crippen molar-refractivity contribution in [1.82, 2.24) is 0 Å². The molecule has 0 aromatic heterocycles. The van der Waals surface area contributed by atoms with E-state index < -0.39 is 0 Å². The van der Waals surface area contributed by atoms with Gasteiger partial charge in [0.2, 0.25) is 0 Å². The van der Waals surface area contributed by atoms with E-state index in [1.54, 1.807) is 7.11 Å². The molecule has 21 heavy (non-hydrogen) atoms. The van der Waals surface area contributed by atoms with Crippen LogP contribution in [0.5, 0.6) is 0 Å². The summed E-state index contributed by atoms with van der Waals surface area (Å²) in [5.74, 6) is 0.837. The van der Waals surface area contributed by atoms with Crippen molar-refractivity contribution in [1.29, 1.82) is 0 Å². The third-order valence-electron chi connectivity index (χ3n) is 6.31. The highest BCUT2D eigenvalue weighted by Gasteiger charge is 2.56. The summed E-state index contributed by atoms with van der Waals surface area (Å²) in [4.78, 5) is 12.1. The normalized spacial score (nSPS) is 39.9. The Balaban J connectivity index is 2.22. The van der Waals surface area contributed by atoms with E-state index >= 15 is 0 Å². The van der Waals surface area contributed by atoms with E-state index in [9.17, 15) is 4.79 Å². The molecular formula is C18H30O3. The van der Waals surface area contributed by atoms with Gasteiger partial charge in [-0.3, -0.25) is 0 Å². The molecule has 0 spiro atoms. The van der Waals surface area contributed by atoms with E-state index in [2.05, 4.69) is 20.4 Å². The number of hydrogen-bond acceptors (Lipinski definition) is 3. The molecule has 2 aliphatic rings. The molecule has 4 atom stereocenters. The zero-order valence-electron chi connectivity index (χ0n) is 13.8. The van der Waals surface area contributed by atoms with Gasteiger partial charge in [0, 0.05) is 12.5 Å². The van der Waals surface area contributed by atoms with E-state index in [0.29, 0.717) is 25.2 Å². The van der Waals surface area contributed by atoms with E-state index in [-0.39, 0.29) is 10.8 Å². The van der Waals surface area contributed by atoms with Gasteiger partial charge in [0.15, 0.2) is 0 Å². The lowest BCUT2D eigenvalue weighted by molar-refractivity contribution is -0.139. The minimum absolute atomic E-state index is 0.132. The first-order chi connectivity index (χ1) is 10.0. The maximum atomic E-state index is 12.1. The summed E-state index contributed by atoms with van der Waals surface area (Å²) in [5, 5.41) is 0. The molecular weight excluding hydrogens is 264 g/mol. The molecule has 2 aliphatic carbocycles. The summed E-state index contributed by atoms with van der Waals surface area (Å²) in [6.07, 6.45) is 7.75. The van der Waals surface area contributed by atoms with Crippen LogP contribution in [0.4, 0.5) is 0 Å². The molecule has 2 rings (SSSR count). The van der Waals surface area contributed by atoms with Gasteiger partial charge in [0.25, 0.3) is 0 Å². The molecule has 3 heteroatoms. The van der Waals surface area contributed by atoms with Crippen LogP contribution in [-0.4, -0.2) is 26.8 Å². The zero-order valence-corrected chi connectivity index (χ0v) is 13.8. The van der Waals surface area contributed by atoms with Gasteiger partial charge in [0.1, 0.15) is 13.1 Å². The summed E-state index contributed by atoms with van der Waals surface area (Å²) in [7, 11) is 1.63. The van der Waals surface area contributed by atoms with Crippen molar-refractivity contribution in [3.63, 3.8) is 0 Å². The predicted molar refractivity (Wildman–Crippen MR) is 83.9 cm³/mol. The summed E-state index contributed by atoms with van der Waals surface area (Å²) in [6, 6.07) is 0. The average Bonchev–Trinajstić information content (AvgIpc) is 2.48. The third kappa shape index (κ3) is 2.83. The molecule has 0 unspecified atom stereocenters. The fraction of sp³-hybridized carbons (Fsp3) is 0.833. The number of carbonyl (C=O) groups excluding carboxylic acids is 1. The van der Waals surface area contributed by atoms with Crippen LogP contribution in [0.15, 0.2) is 12.2 Å². The number of allylic oxidation sites excluding steroid dienone is 1. The van der Waals surface area contributed by atoms with Gasteiger partial charge in [-0.2, -0.15) is 0 Å². The summed E-state index contributed by atoms with van der Waals surface area (Å²) >= 11 is 0. The fourth-order valence-corrected chi connectivity index (χ4v) is 4.78. The second kappa shape index (κ2) is 6.62. The number of ether oxygens (including phenoxy) is 2. The number of rotatable bonds is 6. The van der Waals surface area contributed by atoms with Crippen LogP contribution < -0.4 is 0 Å². The van der Waals surface area contributed by atoms with Gasteiger partial charge in [-0.15, -0.1) is 0 Å². The molecule has 0 heterocycles. The first kappa shape index (κ1) is 16.7. The van der Waals surface area contributed by atoms with Crippen molar-refractivity contribution < 1.29 is 14.3 Å². The number of carbonyl (C=O) groups is 1. The molecule has 0 N–H and O–H groups in total. The van der Waals surface area contributed by atoms with E-state index in [0.717, 1.165) is 25.7 Å². The van der Waals surface area contributed by atoms with Crippen LogP contribution >= 0.6 is 0 Å². The minimum Gasteiger partial charge on any atom is -0.359 e. The zero-order chi connectivity index (χ0) is 15.5. The van der Waals surface area contributed by atoms with Gasteiger partial charge < -0.3 is 14.3 Å². The largest absolute Gasteiger partial charge is 0.359 e. The van der Waals surface area contributed by atoms with Crippen molar-refractivity contribution in [3.8, 4) is 0 Å². The molecule has 0 bridgehead atoms. The third-order valence-corrected chi connectivity index (χ3v) is 6.31. The Morgan fingerprint density at radius 3 is 2.86 bits per heavy atom. The van der Waals surface area contributed by atoms with Crippen LogP contribution in [0.3, 0.4) is 0 Å². The number of aldehydes is 1. The van der Waals surface area contributed by atoms with Gasteiger partial charge >= 0.3 is 0 Å². The monoisotopic (exact) mass is 294 g/mol. The quantitative estimate of drug-likeness (QED) is 0.322. The molecule has 0 amide bonds. The smallest absolute Gasteiger partial charge is 0.146 e. The Morgan fingerprint density at radius 2 is 2.19 bits per heavy atom. The fourth-order valence-electron chi connectivity index (χ4n) is 4.78. The highest BCUT2D eigenvalue weighted by atomic mass is 16.7. The molecule has 0 radical (unpaired) electrons. The van der Waals surface area contributed by atoms with Gasteiger partial charge in [0.05, 0.1) is 6.61 Å². The molecule has 0 aromatic carbocycles. The van der Waals surface area contributed by atoms with E-state index in [1.807, 2.05) is 0 Å². The Morgan fingerprint density at radius 1 is 1.43 bits per heavy atom. The maximum absolute atomic E-state index is 12.1. The second-order valence-corrected chi connectivity index (χ2v) is 7.20. The molecule has 120 valence electrons. The van der Waals surface area contributed by atoms with Crippen molar-refractivity contribution in [2.45, 2.75) is 52.4 Å². The van der Waals surface area contributed by atoms with Gasteiger partial charge in [-0.25, -0.2) is 0 Å². The standard InChI is InChI=1S/C18H30O3/c1-14-6-5-7-16-17(14,3)9-8-15(2)18(16,12-19)10-11-21-13-20-4/h12,15-16H,1,5-11,13H2,2-4H3/t15-,16+,17-,18-/m0/s1. The second-order valence-electron chi connectivity index (χ2n) is 7.20. The van der Waals surface area contributed by atoms with E-state index in [4.69, 9.17) is 9.47 Å². The molecule has 0 saturated heterocycles. The van der Waals surface area contributed by atoms with Crippen LogP contribution in [-0.2, 0) is 14.3 Å².